The summed E-state index contributed by atoms with van der Waals surface area (Å²) in [4.78, 5) is 17.0. The van der Waals surface area contributed by atoms with Gasteiger partial charge in [0.25, 0.3) is 0 Å². The van der Waals surface area contributed by atoms with Crippen LogP contribution in [0.2, 0.25) is 0 Å². The van der Waals surface area contributed by atoms with Crippen molar-refractivity contribution < 1.29 is 19.2 Å². The molecule has 1 aromatic heterocycles. The summed E-state index contributed by atoms with van der Waals surface area (Å²) in [5, 5.41) is 12.7. The van der Waals surface area contributed by atoms with Crippen LogP contribution in [-0.4, -0.2) is 39.3 Å². The molecule has 118 valence electrons. The minimum Gasteiger partial charge on any atom is -0.479 e. The van der Waals surface area contributed by atoms with E-state index in [0.717, 1.165) is 5.56 Å². The maximum absolute atomic E-state index is 10.7. The predicted molar refractivity (Wildman–Crippen MR) is 78.4 cm³/mol. The zero-order valence-electron chi connectivity index (χ0n) is 12.8. The smallest absolute Gasteiger partial charge is 0.344 e. The average molecular weight is 305 g/mol. The summed E-state index contributed by atoms with van der Waals surface area (Å²) in [6, 6.07) is 7.34. The van der Waals surface area contributed by atoms with E-state index in [1.54, 1.807) is 19.1 Å². The number of carboxylic acids is 1. The zero-order valence-corrected chi connectivity index (χ0v) is 12.8. The monoisotopic (exact) mass is 305 g/mol. The quantitative estimate of drug-likeness (QED) is 0.835. The van der Waals surface area contributed by atoms with Crippen LogP contribution >= 0.6 is 0 Å². The van der Waals surface area contributed by atoms with Crippen LogP contribution in [0.25, 0.3) is 0 Å². The number of carboxylic acid groups (broad SMARTS) is 1. The second kappa shape index (κ2) is 7.04. The molecule has 0 unspecified atom stereocenters. The maximum atomic E-state index is 10.7. The van der Waals surface area contributed by atoms with Crippen molar-refractivity contribution in [2.75, 3.05) is 7.05 Å². The number of hydrogen-bond acceptors (Lipinski definition) is 6. The van der Waals surface area contributed by atoms with Crippen molar-refractivity contribution in [1.29, 1.82) is 0 Å². The Balaban J connectivity index is 1.89. The van der Waals surface area contributed by atoms with Gasteiger partial charge >= 0.3 is 5.97 Å². The predicted octanol–water partition coefficient (Wildman–Crippen LogP) is 1.86. The maximum Gasteiger partial charge on any atom is 0.344 e. The fourth-order valence-electron chi connectivity index (χ4n) is 1.94. The van der Waals surface area contributed by atoms with Gasteiger partial charge in [0.2, 0.25) is 5.89 Å². The Hall–Kier alpha value is -2.41. The average Bonchev–Trinajstić information content (AvgIpc) is 2.86. The second-order valence-corrected chi connectivity index (χ2v) is 5.14. The molecule has 0 aliphatic heterocycles. The van der Waals surface area contributed by atoms with E-state index in [1.807, 2.05) is 19.2 Å². The lowest BCUT2D eigenvalue weighted by atomic mass is 10.2. The summed E-state index contributed by atoms with van der Waals surface area (Å²) in [6.45, 7) is 4.55. The van der Waals surface area contributed by atoms with Crippen LogP contribution in [-0.2, 0) is 17.9 Å². The zero-order chi connectivity index (χ0) is 16.1. The molecule has 0 radical (unpaired) electrons. The molecular weight excluding hydrogens is 286 g/mol. The normalized spacial score (nSPS) is 12.4. The molecular formula is C15H19N3O4. The van der Waals surface area contributed by atoms with Crippen LogP contribution in [0.15, 0.2) is 28.8 Å². The Labute approximate surface area is 128 Å². The Morgan fingerprint density at radius 3 is 2.59 bits per heavy atom. The summed E-state index contributed by atoms with van der Waals surface area (Å²) >= 11 is 0. The first kappa shape index (κ1) is 16.0. The number of aromatic nitrogens is 2. The van der Waals surface area contributed by atoms with Crippen molar-refractivity contribution >= 4 is 5.97 Å². The Bertz CT molecular complexity index is 624. The van der Waals surface area contributed by atoms with Gasteiger partial charge in [0.15, 0.2) is 11.9 Å². The van der Waals surface area contributed by atoms with E-state index in [4.69, 9.17) is 14.4 Å². The van der Waals surface area contributed by atoms with E-state index in [-0.39, 0.29) is 0 Å². The number of nitrogens with zero attached hydrogens (tertiary/aromatic N) is 3. The highest BCUT2D eigenvalue weighted by atomic mass is 16.5. The van der Waals surface area contributed by atoms with Crippen LogP contribution in [0.3, 0.4) is 0 Å². The van der Waals surface area contributed by atoms with Crippen molar-refractivity contribution in [2.45, 2.75) is 33.0 Å². The molecule has 1 atom stereocenters. The number of benzene rings is 1. The van der Waals surface area contributed by atoms with E-state index in [2.05, 4.69) is 15.0 Å². The van der Waals surface area contributed by atoms with E-state index in [0.29, 0.717) is 30.6 Å². The van der Waals surface area contributed by atoms with Crippen LogP contribution < -0.4 is 4.74 Å². The number of aryl methyl sites for hydroxylation is 1. The fraction of sp³-hybridized carbons (Fsp3) is 0.400. The van der Waals surface area contributed by atoms with Gasteiger partial charge in [0.05, 0.1) is 6.54 Å². The molecule has 22 heavy (non-hydrogen) atoms. The molecule has 0 saturated carbocycles. The van der Waals surface area contributed by atoms with Crippen molar-refractivity contribution in [2.24, 2.45) is 0 Å². The lowest BCUT2D eigenvalue weighted by Crippen LogP contribution is -2.22. The fourth-order valence-corrected chi connectivity index (χ4v) is 1.94. The van der Waals surface area contributed by atoms with Gasteiger partial charge in [-0.2, -0.15) is 4.98 Å². The molecule has 0 fully saturated rings. The standard InChI is InChI=1S/C15H19N3O4/c1-10(15(19)20)21-13-6-4-12(5-7-13)8-18(3)9-14-16-11(2)22-17-14/h4-7,10H,8-9H2,1-3H3,(H,19,20)/t10-/m0/s1. The summed E-state index contributed by atoms with van der Waals surface area (Å²) in [7, 11) is 1.96. The number of aliphatic carboxylic acids is 1. The summed E-state index contributed by atoms with van der Waals surface area (Å²) in [6.07, 6.45) is -0.866. The SMILES string of the molecule is Cc1nc(CN(C)Cc2ccc(O[C@@H](C)C(=O)O)cc2)no1. The first-order chi connectivity index (χ1) is 10.4. The van der Waals surface area contributed by atoms with Gasteiger partial charge in [-0.1, -0.05) is 17.3 Å². The van der Waals surface area contributed by atoms with Crippen molar-refractivity contribution in [1.82, 2.24) is 15.0 Å². The van der Waals surface area contributed by atoms with Crippen LogP contribution in [0.1, 0.15) is 24.2 Å². The molecule has 1 heterocycles. The van der Waals surface area contributed by atoms with E-state index in [9.17, 15) is 4.79 Å². The molecule has 2 aromatic rings. The Kier molecular flexibility index (Phi) is 5.11. The third kappa shape index (κ3) is 4.56. The van der Waals surface area contributed by atoms with E-state index in [1.165, 1.54) is 6.92 Å². The molecule has 1 aromatic carbocycles. The highest BCUT2D eigenvalue weighted by Crippen LogP contribution is 2.15. The van der Waals surface area contributed by atoms with Gasteiger partial charge in [0.1, 0.15) is 5.75 Å². The van der Waals surface area contributed by atoms with Crippen LogP contribution in [0.5, 0.6) is 5.75 Å². The molecule has 0 aliphatic carbocycles. The third-order valence-corrected chi connectivity index (χ3v) is 3.02. The number of carbonyl (C=O) groups is 1. The first-order valence-electron chi connectivity index (χ1n) is 6.90. The number of ether oxygens (including phenoxy) is 1. The summed E-state index contributed by atoms with van der Waals surface area (Å²) in [5.74, 6) is 0.752. The molecule has 7 nitrogen and oxygen atoms in total. The van der Waals surface area contributed by atoms with Crippen molar-refractivity contribution in [3.63, 3.8) is 0 Å². The molecule has 0 spiro atoms. The molecule has 0 aliphatic rings. The highest BCUT2D eigenvalue weighted by Gasteiger charge is 2.12. The largest absolute Gasteiger partial charge is 0.479 e. The van der Waals surface area contributed by atoms with Gasteiger partial charge in [0, 0.05) is 13.5 Å². The van der Waals surface area contributed by atoms with Gasteiger partial charge < -0.3 is 14.4 Å². The number of hydrogen-bond donors (Lipinski definition) is 1. The molecule has 0 bridgehead atoms. The summed E-state index contributed by atoms with van der Waals surface area (Å²) < 4.78 is 10.2. The topological polar surface area (TPSA) is 88.7 Å². The second-order valence-electron chi connectivity index (χ2n) is 5.14. The molecule has 0 saturated heterocycles. The Morgan fingerprint density at radius 1 is 1.36 bits per heavy atom. The van der Waals surface area contributed by atoms with Crippen molar-refractivity contribution in [3.05, 3.63) is 41.5 Å². The van der Waals surface area contributed by atoms with Gasteiger partial charge in [-0.3, -0.25) is 4.90 Å². The van der Waals surface area contributed by atoms with Crippen molar-refractivity contribution in [3.8, 4) is 5.75 Å². The molecule has 7 heteroatoms. The highest BCUT2D eigenvalue weighted by molar-refractivity contribution is 5.72. The Morgan fingerprint density at radius 2 is 2.05 bits per heavy atom. The van der Waals surface area contributed by atoms with Gasteiger partial charge in [-0.15, -0.1) is 0 Å². The summed E-state index contributed by atoms with van der Waals surface area (Å²) in [5.41, 5.74) is 1.08. The molecule has 2 rings (SSSR count). The van der Waals surface area contributed by atoms with Crippen LogP contribution in [0.4, 0.5) is 0 Å². The third-order valence-electron chi connectivity index (χ3n) is 3.02. The van der Waals surface area contributed by atoms with E-state index < -0.39 is 12.1 Å². The lowest BCUT2D eigenvalue weighted by Gasteiger charge is -2.15. The molecule has 0 amide bonds. The van der Waals surface area contributed by atoms with E-state index >= 15 is 0 Å². The van der Waals surface area contributed by atoms with Crippen LogP contribution in [0, 0.1) is 6.92 Å². The minimum absolute atomic E-state index is 0.537. The minimum atomic E-state index is -0.987. The molecule has 1 N–H and O–H groups in total. The van der Waals surface area contributed by atoms with Gasteiger partial charge in [-0.25, -0.2) is 4.79 Å². The number of rotatable bonds is 7. The first-order valence-corrected chi connectivity index (χ1v) is 6.90. The van der Waals surface area contributed by atoms with Gasteiger partial charge in [-0.05, 0) is 31.7 Å². The lowest BCUT2D eigenvalue weighted by molar-refractivity contribution is -0.144.